The maximum atomic E-state index is 13.1. The van der Waals surface area contributed by atoms with Gasteiger partial charge >= 0.3 is 0 Å². The lowest BCUT2D eigenvalue weighted by Gasteiger charge is -2.38. The van der Waals surface area contributed by atoms with E-state index < -0.39 is 0 Å². The fraction of sp³-hybridized carbons (Fsp3) is 0.458. The highest BCUT2D eigenvalue weighted by Gasteiger charge is 2.20. The van der Waals surface area contributed by atoms with Crippen molar-refractivity contribution in [3.05, 3.63) is 65.7 Å². The van der Waals surface area contributed by atoms with E-state index in [0.717, 1.165) is 43.7 Å². The molecule has 1 saturated heterocycles. The topological polar surface area (TPSA) is 52.8 Å². The number of nitrogens with zero attached hydrogens (tertiary/aromatic N) is 3. The molecule has 5 nitrogen and oxygen atoms in total. The third-order valence-electron chi connectivity index (χ3n) is 5.66. The molecule has 2 aromatic carbocycles. The SMILES string of the molecule is CC(C)N1CCN(c2ccc(C(=O)N(CCCN)Cc3ccccc3)cc2)CC1. The molecule has 1 amide bonds. The second kappa shape index (κ2) is 10.4. The number of benzene rings is 2. The second-order valence-corrected chi connectivity index (χ2v) is 8.02. The third-order valence-corrected chi connectivity index (χ3v) is 5.66. The Morgan fingerprint density at radius 1 is 1.00 bits per heavy atom. The van der Waals surface area contributed by atoms with Gasteiger partial charge in [0.15, 0.2) is 0 Å². The number of amides is 1. The molecule has 3 rings (SSSR count). The van der Waals surface area contributed by atoms with E-state index in [4.69, 9.17) is 5.73 Å². The van der Waals surface area contributed by atoms with Crippen LogP contribution in [0.5, 0.6) is 0 Å². The van der Waals surface area contributed by atoms with Gasteiger partial charge in [-0.3, -0.25) is 9.69 Å². The number of rotatable bonds is 8. The van der Waals surface area contributed by atoms with Crippen molar-refractivity contribution in [3.63, 3.8) is 0 Å². The zero-order chi connectivity index (χ0) is 20.6. The summed E-state index contributed by atoms with van der Waals surface area (Å²) in [5.41, 5.74) is 8.76. The first-order chi connectivity index (χ1) is 14.1. The molecule has 29 heavy (non-hydrogen) atoms. The normalized spacial score (nSPS) is 15.0. The van der Waals surface area contributed by atoms with Crippen LogP contribution in [0.15, 0.2) is 54.6 Å². The molecule has 0 aromatic heterocycles. The summed E-state index contributed by atoms with van der Waals surface area (Å²) in [5.74, 6) is 0.0680. The monoisotopic (exact) mass is 394 g/mol. The molecule has 1 fully saturated rings. The average Bonchev–Trinajstić information content (AvgIpc) is 2.77. The summed E-state index contributed by atoms with van der Waals surface area (Å²) >= 11 is 0. The smallest absolute Gasteiger partial charge is 0.254 e. The maximum absolute atomic E-state index is 13.1. The summed E-state index contributed by atoms with van der Waals surface area (Å²) in [6.45, 7) is 10.6. The standard InChI is InChI=1S/C24H34N4O/c1-20(2)26-15-17-27(18-16-26)23-11-9-22(10-12-23)24(29)28(14-6-13-25)19-21-7-4-3-5-8-21/h3-5,7-12,20H,6,13-19,25H2,1-2H3. The molecule has 1 heterocycles. The van der Waals surface area contributed by atoms with Gasteiger partial charge in [-0.15, -0.1) is 0 Å². The van der Waals surface area contributed by atoms with E-state index in [1.165, 1.54) is 5.69 Å². The molecule has 1 aliphatic rings. The molecule has 2 aromatic rings. The highest BCUT2D eigenvalue weighted by atomic mass is 16.2. The van der Waals surface area contributed by atoms with Crippen molar-refractivity contribution in [1.82, 2.24) is 9.80 Å². The summed E-state index contributed by atoms with van der Waals surface area (Å²) in [6, 6.07) is 18.8. The zero-order valence-corrected chi connectivity index (χ0v) is 17.8. The summed E-state index contributed by atoms with van der Waals surface area (Å²) in [5, 5.41) is 0. The van der Waals surface area contributed by atoms with Crippen molar-refractivity contribution in [2.45, 2.75) is 32.9 Å². The molecule has 0 aliphatic carbocycles. The number of hydrogen-bond donors (Lipinski definition) is 1. The Bertz CT molecular complexity index is 752. The lowest BCUT2D eigenvalue weighted by molar-refractivity contribution is 0.0742. The van der Waals surface area contributed by atoms with Crippen molar-refractivity contribution < 1.29 is 4.79 Å². The van der Waals surface area contributed by atoms with E-state index in [-0.39, 0.29) is 5.91 Å². The summed E-state index contributed by atoms with van der Waals surface area (Å²) in [4.78, 5) is 19.9. The summed E-state index contributed by atoms with van der Waals surface area (Å²) < 4.78 is 0. The van der Waals surface area contributed by atoms with E-state index in [1.54, 1.807) is 0 Å². The van der Waals surface area contributed by atoms with Gasteiger partial charge in [0.1, 0.15) is 0 Å². The largest absolute Gasteiger partial charge is 0.369 e. The van der Waals surface area contributed by atoms with Gasteiger partial charge in [-0.2, -0.15) is 0 Å². The number of nitrogens with two attached hydrogens (primary N) is 1. The van der Waals surface area contributed by atoms with Crippen LogP contribution < -0.4 is 10.6 Å². The van der Waals surface area contributed by atoms with Gasteiger partial charge in [0.05, 0.1) is 0 Å². The molecule has 156 valence electrons. The van der Waals surface area contributed by atoms with Crippen molar-refractivity contribution in [2.75, 3.05) is 44.2 Å². The summed E-state index contributed by atoms with van der Waals surface area (Å²) in [7, 11) is 0. The zero-order valence-electron chi connectivity index (χ0n) is 17.8. The van der Waals surface area contributed by atoms with Gasteiger partial charge in [0, 0.05) is 56.6 Å². The minimum Gasteiger partial charge on any atom is -0.369 e. The molecule has 2 N–H and O–H groups in total. The quantitative estimate of drug-likeness (QED) is 0.747. The Labute approximate surface area is 175 Å². The fourth-order valence-corrected chi connectivity index (χ4v) is 3.83. The molecule has 0 unspecified atom stereocenters. The molecule has 0 atom stereocenters. The van der Waals surface area contributed by atoms with Gasteiger partial charge in [-0.25, -0.2) is 0 Å². The number of piperazine rings is 1. The first-order valence-electron chi connectivity index (χ1n) is 10.7. The van der Waals surface area contributed by atoms with Gasteiger partial charge in [0.2, 0.25) is 0 Å². The van der Waals surface area contributed by atoms with E-state index >= 15 is 0 Å². The van der Waals surface area contributed by atoms with E-state index in [0.29, 0.717) is 25.7 Å². The van der Waals surface area contributed by atoms with Gasteiger partial charge in [-0.1, -0.05) is 30.3 Å². The van der Waals surface area contributed by atoms with E-state index in [2.05, 4.69) is 47.9 Å². The predicted octanol–water partition coefficient (Wildman–Crippen LogP) is 3.21. The van der Waals surface area contributed by atoms with Crippen LogP contribution in [0.25, 0.3) is 0 Å². The number of carbonyl (C=O) groups is 1. The van der Waals surface area contributed by atoms with Gasteiger partial charge in [0.25, 0.3) is 5.91 Å². The van der Waals surface area contributed by atoms with Crippen molar-refractivity contribution in [2.24, 2.45) is 5.73 Å². The number of carbonyl (C=O) groups excluding carboxylic acids is 1. The molecular weight excluding hydrogens is 360 g/mol. The van der Waals surface area contributed by atoms with Crippen LogP contribution >= 0.6 is 0 Å². The molecular formula is C24H34N4O. The average molecular weight is 395 g/mol. The Kier molecular flexibility index (Phi) is 7.67. The Morgan fingerprint density at radius 2 is 1.66 bits per heavy atom. The molecule has 0 bridgehead atoms. The first kappa shape index (κ1) is 21.3. The predicted molar refractivity (Wildman–Crippen MR) is 120 cm³/mol. The first-order valence-corrected chi connectivity index (χ1v) is 10.7. The van der Waals surface area contributed by atoms with Gasteiger partial charge in [-0.05, 0) is 56.6 Å². The lowest BCUT2D eigenvalue weighted by atomic mass is 10.1. The van der Waals surface area contributed by atoms with Gasteiger partial charge < -0.3 is 15.5 Å². The Morgan fingerprint density at radius 3 is 2.24 bits per heavy atom. The van der Waals surface area contributed by atoms with Crippen molar-refractivity contribution in [1.29, 1.82) is 0 Å². The summed E-state index contributed by atoms with van der Waals surface area (Å²) in [6.07, 6.45) is 0.802. The van der Waals surface area contributed by atoms with Crippen LogP contribution in [-0.4, -0.2) is 61.0 Å². The van der Waals surface area contributed by atoms with Crippen LogP contribution in [0.1, 0.15) is 36.2 Å². The Hall–Kier alpha value is -2.37. The van der Waals surface area contributed by atoms with Crippen LogP contribution in [0.3, 0.4) is 0 Å². The molecule has 0 spiro atoms. The maximum Gasteiger partial charge on any atom is 0.254 e. The van der Waals surface area contributed by atoms with Crippen molar-refractivity contribution >= 4 is 11.6 Å². The Balaban J connectivity index is 1.65. The molecule has 0 saturated carbocycles. The van der Waals surface area contributed by atoms with E-state index in [9.17, 15) is 4.79 Å². The van der Waals surface area contributed by atoms with Crippen LogP contribution in [0.2, 0.25) is 0 Å². The number of hydrogen-bond acceptors (Lipinski definition) is 4. The molecule has 1 aliphatic heterocycles. The van der Waals surface area contributed by atoms with Crippen LogP contribution in [-0.2, 0) is 6.54 Å². The third kappa shape index (κ3) is 5.81. The highest BCUT2D eigenvalue weighted by Crippen LogP contribution is 2.19. The second-order valence-electron chi connectivity index (χ2n) is 8.02. The fourth-order valence-electron chi connectivity index (χ4n) is 3.83. The minimum absolute atomic E-state index is 0.0680. The number of anilines is 1. The molecule has 0 radical (unpaired) electrons. The molecule has 5 heteroatoms. The lowest BCUT2D eigenvalue weighted by Crippen LogP contribution is -2.48. The minimum atomic E-state index is 0.0680. The van der Waals surface area contributed by atoms with Crippen LogP contribution in [0, 0.1) is 0 Å². The highest BCUT2D eigenvalue weighted by molar-refractivity contribution is 5.94. The van der Waals surface area contributed by atoms with Crippen molar-refractivity contribution in [3.8, 4) is 0 Å². The van der Waals surface area contributed by atoms with Crippen LogP contribution in [0.4, 0.5) is 5.69 Å². The van der Waals surface area contributed by atoms with E-state index in [1.807, 2.05) is 35.2 Å².